The minimum absolute atomic E-state index is 0.847. The second kappa shape index (κ2) is 5.77. The number of hydrogen-bond acceptors (Lipinski definition) is 3. The first-order valence-corrected chi connectivity index (χ1v) is 6.21. The Labute approximate surface area is 117 Å². The average molecular weight is 257 g/mol. The molecule has 0 spiro atoms. The van der Waals surface area contributed by atoms with Crippen LogP contribution < -0.4 is 0 Å². The van der Waals surface area contributed by atoms with Crippen LogP contribution in [0.5, 0.6) is 0 Å². The van der Waals surface area contributed by atoms with Crippen LogP contribution in [0.15, 0.2) is 67.3 Å². The van der Waals surface area contributed by atoms with E-state index in [9.17, 15) is 0 Å². The zero-order valence-corrected chi connectivity index (χ0v) is 10.7. The van der Waals surface area contributed by atoms with Crippen molar-refractivity contribution < 1.29 is 0 Å². The molecule has 0 amide bonds. The molecule has 0 unspecified atom stereocenters. The third-order valence-corrected chi connectivity index (χ3v) is 2.72. The molecule has 0 atom stereocenters. The maximum atomic E-state index is 4.38. The van der Waals surface area contributed by atoms with Crippen molar-refractivity contribution in [3.8, 4) is 23.2 Å². The van der Waals surface area contributed by atoms with Crippen LogP contribution >= 0.6 is 0 Å². The highest BCUT2D eigenvalue weighted by molar-refractivity contribution is 5.54. The summed E-state index contributed by atoms with van der Waals surface area (Å²) in [4.78, 5) is 12.6. The Bertz CT molecular complexity index is 739. The molecular weight excluding hydrogens is 246 g/mol. The van der Waals surface area contributed by atoms with Gasteiger partial charge in [-0.15, -0.1) is 0 Å². The van der Waals surface area contributed by atoms with Crippen molar-refractivity contribution >= 4 is 0 Å². The van der Waals surface area contributed by atoms with Crippen molar-refractivity contribution in [3.63, 3.8) is 0 Å². The van der Waals surface area contributed by atoms with Crippen LogP contribution in [0.4, 0.5) is 0 Å². The van der Waals surface area contributed by atoms with E-state index in [1.165, 1.54) is 0 Å². The molecule has 0 fully saturated rings. The molecule has 0 saturated carbocycles. The Hall–Kier alpha value is -2.99. The maximum absolute atomic E-state index is 4.38. The maximum Gasteiger partial charge on any atom is 0.0887 e. The van der Waals surface area contributed by atoms with Crippen LogP contribution in [0.2, 0.25) is 0 Å². The summed E-state index contributed by atoms with van der Waals surface area (Å²) in [5.74, 6) is 6.15. The molecule has 3 aromatic heterocycles. The largest absolute Gasteiger partial charge is 0.265 e. The number of aromatic nitrogens is 3. The van der Waals surface area contributed by atoms with Gasteiger partial charge < -0.3 is 0 Å². The van der Waals surface area contributed by atoms with E-state index in [4.69, 9.17) is 0 Å². The predicted molar refractivity (Wildman–Crippen MR) is 77.7 cm³/mol. The van der Waals surface area contributed by atoms with E-state index in [0.29, 0.717) is 0 Å². The van der Waals surface area contributed by atoms with Gasteiger partial charge in [-0.05, 0) is 36.4 Å². The SMILES string of the molecule is C(#Cc1ccc(-c2ccccn2)nc1)c1ccncc1. The van der Waals surface area contributed by atoms with Crippen molar-refractivity contribution in [3.05, 3.63) is 78.4 Å². The van der Waals surface area contributed by atoms with Crippen LogP contribution in [0, 0.1) is 11.8 Å². The number of rotatable bonds is 1. The molecule has 3 rings (SSSR count). The zero-order valence-electron chi connectivity index (χ0n) is 10.7. The van der Waals surface area contributed by atoms with Gasteiger partial charge in [0.2, 0.25) is 0 Å². The third-order valence-electron chi connectivity index (χ3n) is 2.72. The standard InChI is InChI=1S/C17H11N3/c1-2-10-19-16(3-1)17-7-6-15(13-20-17)5-4-14-8-11-18-12-9-14/h1-3,6-13H. The molecule has 3 heterocycles. The van der Waals surface area contributed by atoms with E-state index >= 15 is 0 Å². The first-order chi connectivity index (χ1) is 9.92. The molecule has 0 bridgehead atoms. The van der Waals surface area contributed by atoms with Gasteiger partial charge in [0.1, 0.15) is 0 Å². The van der Waals surface area contributed by atoms with Gasteiger partial charge in [0.25, 0.3) is 0 Å². The van der Waals surface area contributed by atoms with Gasteiger partial charge in [0.15, 0.2) is 0 Å². The summed E-state index contributed by atoms with van der Waals surface area (Å²) in [6, 6.07) is 13.4. The number of pyridine rings is 3. The molecule has 0 aliphatic rings. The Morgan fingerprint density at radius 3 is 2.15 bits per heavy atom. The Kier molecular flexibility index (Phi) is 3.48. The summed E-state index contributed by atoms with van der Waals surface area (Å²) in [5.41, 5.74) is 3.52. The molecule has 94 valence electrons. The smallest absolute Gasteiger partial charge is 0.0887 e. The average Bonchev–Trinajstić information content (AvgIpc) is 2.55. The third kappa shape index (κ3) is 2.88. The van der Waals surface area contributed by atoms with E-state index in [1.807, 2.05) is 42.5 Å². The van der Waals surface area contributed by atoms with Crippen LogP contribution in [-0.4, -0.2) is 15.0 Å². The van der Waals surface area contributed by atoms with E-state index < -0.39 is 0 Å². The molecule has 20 heavy (non-hydrogen) atoms. The van der Waals surface area contributed by atoms with Gasteiger partial charge in [0, 0.05) is 35.9 Å². The lowest BCUT2D eigenvalue weighted by atomic mass is 10.2. The van der Waals surface area contributed by atoms with Crippen molar-refractivity contribution in [2.45, 2.75) is 0 Å². The van der Waals surface area contributed by atoms with E-state index in [2.05, 4.69) is 26.8 Å². The Morgan fingerprint density at radius 2 is 1.45 bits per heavy atom. The minimum Gasteiger partial charge on any atom is -0.265 e. The van der Waals surface area contributed by atoms with Gasteiger partial charge in [-0.1, -0.05) is 17.9 Å². The predicted octanol–water partition coefficient (Wildman–Crippen LogP) is 2.94. The molecule has 0 aromatic carbocycles. The lowest BCUT2D eigenvalue weighted by molar-refractivity contribution is 1.24. The Balaban J connectivity index is 1.83. The summed E-state index contributed by atoms with van der Waals surface area (Å²) in [5, 5.41) is 0. The molecule has 3 heteroatoms. The minimum atomic E-state index is 0.847. The molecule has 3 nitrogen and oxygen atoms in total. The number of nitrogens with zero attached hydrogens (tertiary/aromatic N) is 3. The van der Waals surface area contributed by atoms with E-state index in [1.54, 1.807) is 24.8 Å². The normalized spacial score (nSPS) is 9.60. The Morgan fingerprint density at radius 1 is 0.650 bits per heavy atom. The monoisotopic (exact) mass is 257 g/mol. The molecule has 0 saturated heterocycles. The lowest BCUT2D eigenvalue weighted by Gasteiger charge is -1.98. The highest BCUT2D eigenvalue weighted by Crippen LogP contribution is 2.13. The lowest BCUT2D eigenvalue weighted by Crippen LogP contribution is -1.87. The molecule has 3 aromatic rings. The fraction of sp³-hybridized carbons (Fsp3) is 0. The highest BCUT2D eigenvalue weighted by atomic mass is 14.8. The van der Waals surface area contributed by atoms with Crippen LogP contribution in [0.3, 0.4) is 0 Å². The van der Waals surface area contributed by atoms with Crippen molar-refractivity contribution in [2.24, 2.45) is 0 Å². The van der Waals surface area contributed by atoms with Crippen molar-refractivity contribution in [1.29, 1.82) is 0 Å². The summed E-state index contributed by atoms with van der Waals surface area (Å²) < 4.78 is 0. The fourth-order valence-corrected chi connectivity index (χ4v) is 1.71. The molecular formula is C17H11N3. The summed E-state index contributed by atoms with van der Waals surface area (Å²) in [7, 11) is 0. The second-order valence-electron chi connectivity index (χ2n) is 4.13. The van der Waals surface area contributed by atoms with Crippen LogP contribution in [0.25, 0.3) is 11.4 Å². The second-order valence-corrected chi connectivity index (χ2v) is 4.13. The fourth-order valence-electron chi connectivity index (χ4n) is 1.71. The van der Waals surface area contributed by atoms with E-state index in [-0.39, 0.29) is 0 Å². The number of hydrogen-bond donors (Lipinski definition) is 0. The molecule has 0 radical (unpaired) electrons. The summed E-state index contributed by atoms with van der Waals surface area (Å²) >= 11 is 0. The molecule has 0 N–H and O–H groups in total. The molecule has 0 aliphatic carbocycles. The van der Waals surface area contributed by atoms with Gasteiger partial charge in [-0.25, -0.2) is 0 Å². The van der Waals surface area contributed by atoms with Gasteiger partial charge in [-0.2, -0.15) is 0 Å². The van der Waals surface area contributed by atoms with Gasteiger partial charge in [-0.3, -0.25) is 15.0 Å². The summed E-state index contributed by atoms with van der Waals surface area (Å²) in [6.45, 7) is 0. The quantitative estimate of drug-likeness (QED) is 0.629. The summed E-state index contributed by atoms with van der Waals surface area (Å²) in [6.07, 6.45) is 6.98. The topological polar surface area (TPSA) is 38.7 Å². The van der Waals surface area contributed by atoms with Crippen LogP contribution in [0.1, 0.15) is 11.1 Å². The van der Waals surface area contributed by atoms with Crippen molar-refractivity contribution in [2.75, 3.05) is 0 Å². The van der Waals surface area contributed by atoms with Gasteiger partial charge >= 0.3 is 0 Å². The van der Waals surface area contributed by atoms with Gasteiger partial charge in [0.05, 0.1) is 11.4 Å². The van der Waals surface area contributed by atoms with E-state index in [0.717, 1.165) is 22.5 Å². The van der Waals surface area contributed by atoms with Crippen LogP contribution in [-0.2, 0) is 0 Å². The first-order valence-electron chi connectivity index (χ1n) is 6.21. The first kappa shape index (κ1) is 12.1. The molecule has 0 aliphatic heterocycles. The highest BCUT2D eigenvalue weighted by Gasteiger charge is 1.98. The van der Waals surface area contributed by atoms with Crippen molar-refractivity contribution in [1.82, 2.24) is 15.0 Å². The zero-order chi connectivity index (χ0) is 13.6.